The first-order chi connectivity index (χ1) is 13.2. The quantitative estimate of drug-likeness (QED) is 0.415. The molecule has 27 heavy (non-hydrogen) atoms. The van der Waals surface area contributed by atoms with E-state index < -0.39 is 6.10 Å². The molecule has 3 heteroatoms. The minimum absolute atomic E-state index is 0.236. The number of furan rings is 1. The van der Waals surface area contributed by atoms with Crippen molar-refractivity contribution in [2.75, 3.05) is 0 Å². The number of carbonyl (C=O) groups excluding carboxylic acids is 1. The van der Waals surface area contributed by atoms with E-state index in [4.69, 9.17) is 9.15 Å². The van der Waals surface area contributed by atoms with Crippen LogP contribution in [0.15, 0.2) is 89.3 Å². The lowest BCUT2D eigenvalue weighted by molar-refractivity contribution is -0.148. The molecule has 0 aliphatic carbocycles. The van der Waals surface area contributed by atoms with Gasteiger partial charge in [0.2, 0.25) is 0 Å². The standard InChI is InChI=1S/C24H20O3/c1-17(23-16-21-9-5-6-10-22(21)27-23)26-24(25)15-18-11-13-20(14-12-18)19-7-3-2-4-8-19/h2-14,16-17H,15H2,1H3/t17-/m1/s1. The average molecular weight is 356 g/mol. The molecule has 3 nitrogen and oxygen atoms in total. The Bertz CT molecular complexity index is 1010. The maximum Gasteiger partial charge on any atom is 0.310 e. The number of hydrogen-bond acceptors (Lipinski definition) is 3. The zero-order valence-electron chi connectivity index (χ0n) is 15.1. The average Bonchev–Trinajstić information content (AvgIpc) is 3.14. The van der Waals surface area contributed by atoms with Crippen LogP contribution in [0.2, 0.25) is 0 Å². The third kappa shape index (κ3) is 3.93. The maximum absolute atomic E-state index is 12.3. The van der Waals surface area contributed by atoms with Gasteiger partial charge in [-0.3, -0.25) is 4.79 Å². The van der Waals surface area contributed by atoms with E-state index in [1.165, 1.54) is 0 Å². The van der Waals surface area contributed by atoms with Crippen LogP contribution in [0.5, 0.6) is 0 Å². The monoisotopic (exact) mass is 356 g/mol. The summed E-state index contributed by atoms with van der Waals surface area (Å²) in [5.41, 5.74) is 4.01. The summed E-state index contributed by atoms with van der Waals surface area (Å²) in [4.78, 5) is 12.3. The van der Waals surface area contributed by atoms with Gasteiger partial charge in [0, 0.05) is 5.39 Å². The van der Waals surface area contributed by atoms with Crippen molar-refractivity contribution in [2.24, 2.45) is 0 Å². The molecule has 0 unspecified atom stereocenters. The van der Waals surface area contributed by atoms with Gasteiger partial charge in [0.05, 0.1) is 6.42 Å². The molecule has 0 saturated carbocycles. The Balaban J connectivity index is 1.40. The molecular weight excluding hydrogens is 336 g/mol. The Morgan fingerprint density at radius 1 is 0.889 bits per heavy atom. The second kappa shape index (κ2) is 7.50. The summed E-state index contributed by atoms with van der Waals surface area (Å²) >= 11 is 0. The first kappa shape index (κ1) is 17.1. The summed E-state index contributed by atoms with van der Waals surface area (Å²) in [7, 11) is 0. The Morgan fingerprint density at radius 2 is 1.56 bits per heavy atom. The molecule has 1 heterocycles. The Morgan fingerprint density at radius 3 is 2.30 bits per heavy atom. The normalized spacial score (nSPS) is 12.0. The minimum Gasteiger partial charge on any atom is -0.457 e. The number of esters is 1. The summed E-state index contributed by atoms with van der Waals surface area (Å²) in [6, 6.07) is 27.8. The summed E-state index contributed by atoms with van der Waals surface area (Å²) in [5.74, 6) is 0.388. The van der Waals surface area contributed by atoms with Gasteiger partial charge in [0.15, 0.2) is 6.10 Å². The van der Waals surface area contributed by atoms with Crippen molar-refractivity contribution in [1.29, 1.82) is 0 Å². The van der Waals surface area contributed by atoms with E-state index in [-0.39, 0.29) is 12.4 Å². The van der Waals surface area contributed by atoms with Crippen LogP contribution >= 0.6 is 0 Å². The number of rotatable bonds is 5. The van der Waals surface area contributed by atoms with Gasteiger partial charge < -0.3 is 9.15 Å². The SMILES string of the molecule is C[C@@H](OC(=O)Cc1ccc(-c2ccccc2)cc1)c1cc2ccccc2o1. The van der Waals surface area contributed by atoms with Crippen molar-refractivity contribution >= 4 is 16.9 Å². The number of ether oxygens (including phenoxy) is 1. The highest BCUT2D eigenvalue weighted by Crippen LogP contribution is 2.26. The lowest BCUT2D eigenvalue weighted by Crippen LogP contribution is -2.11. The minimum atomic E-state index is -0.423. The topological polar surface area (TPSA) is 39.4 Å². The van der Waals surface area contributed by atoms with Gasteiger partial charge in [0.25, 0.3) is 0 Å². The molecule has 0 aliphatic heterocycles. The fourth-order valence-electron chi connectivity index (χ4n) is 3.11. The molecule has 134 valence electrons. The predicted octanol–water partition coefficient (Wildman–Crippen LogP) is 5.95. The van der Waals surface area contributed by atoms with Gasteiger partial charge in [-0.25, -0.2) is 0 Å². The van der Waals surface area contributed by atoms with E-state index in [0.717, 1.165) is 27.7 Å². The van der Waals surface area contributed by atoms with Crippen LogP contribution < -0.4 is 0 Å². The summed E-state index contributed by atoms with van der Waals surface area (Å²) in [5, 5.41) is 1.01. The van der Waals surface area contributed by atoms with E-state index in [9.17, 15) is 4.79 Å². The van der Waals surface area contributed by atoms with Crippen LogP contribution in [0.25, 0.3) is 22.1 Å². The zero-order valence-corrected chi connectivity index (χ0v) is 15.1. The lowest BCUT2D eigenvalue weighted by atomic mass is 10.0. The van der Waals surface area contributed by atoms with Crippen LogP contribution in [-0.4, -0.2) is 5.97 Å². The molecule has 3 aromatic carbocycles. The largest absolute Gasteiger partial charge is 0.457 e. The van der Waals surface area contributed by atoms with Crippen molar-refractivity contribution < 1.29 is 13.9 Å². The van der Waals surface area contributed by atoms with Gasteiger partial charge in [-0.15, -0.1) is 0 Å². The number of carbonyl (C=O) groups is 1. The highest BCUT2D eigenvalue weighted by molar-refractivity contribution is 5.78. The third-order valence-electron chi connectivity index (χ3n) is 4.56. The number of benzene rings is 3. The highest BCUT2D eigenvalue weighted by atomic mass is 16.5. The molecule has 0 fully saturated rings. The number of fused-ring (bicyclic) bond motifs is 1. The summed E-state index contributed by atoms with van der Waals surface area (Å²) in [6.45, 7) is 1.83. The zero-order chi connectivity index (χ0) is 18.6. The Labute approximate surface area is 158 Å². The smallest absolute Gasteiger partial charge is 0.310 e. The van der Waals surface area contributed by atoms with Crippen molar-refractivity contribution in [3.8, 4) is 11.1 Å². The van der Waals surface area contributed by atoms with Crippen LogP contribution in [0.3, 0.4) is 0 Å². The van der Waals surface area contributed by atoms with Gasteiger partial charge in [0.1, 0.15) is 11.3 Å². The fourth-order valence-corrected chi connectivity index (χ4v) is 3.11. The van der Waals surface area contributed by atoms with Crippen LogP contribution in [0.4, 0.5) is 0 Å². The number of para-hydroxylation sites is 1. The summed E-state index contributed by atoms with van der Waals surface area (Å²) < 4.78 is 11.3. The Kier molecular flexibility index (Phi) is 4.75. The first-order valence-corrected chi connectivity index (χ1v) is 9.01. The molecule has 1 aromatic heterocycles. The highest BCUT2D eigenvalue weighted by Gasteiger charge is 2.16. The second-order valence-electron chi connectivity index (χ2n) is 6.56. The van der Waals surface area contributed by atoms with E-state index in [0.29, 0.717) is 5.76 Å². The molecule has 0 bridgehead atoms. The molecule has 1 atom stereocenters. The van der Waals surface area contributed by atoms with Crippen molar-refractivity contribution in [3.63, 3.8) is 0 Å². The van der Waals surface area contributed by atoms with Crippen LogP contribution in [0.1, 0.15) is 24.4 Å². The first-order valence-electron chi connectivity index (χ1n) is 9.01. The molecule has 4 rings (SSSR count). The molecular formula is C24H20O3. The van der Waals surface area contributed by atoms with E-state index in [2.05, 4.69) is 12.1 Å². The molecule has 4 aromatic rings. The predicted molar refractivity (Wildman–Crippen MR) is 106 cm³/mol. The molecule has 0 aliphatic rings. The molecule has 0 spiro atoms. The van der Waals surface area contributed by atoms with Gasteiger partial charge >= 0.3 is 5.97 Å². The Hall–Kier alpha value is -3.33. The molecule has 0 amide bonds. The fraction of sp³-hybridized carbons (Fsp3) is 0.125. The van der Waals surface area contributed by atoms with Crippen molar-refractivity contribution in [3.05, 3.63) is 96.3 Å². The summed E-state index contributed by atoms with van der Waals surface area (Å²) in [6.07, 6.45) is -0.187. The van der Waals surface area contributed by atoms with Crippen LogP contribution in [0, 0.1) is 0 Å². The van der Waals surface area contributed by atoms with Crippen molar-refractivity contribution in [1.82, 2.24) is 0 Å². The second-order valence-corrected chi connectivity index (χ2v) is 6.56. The van der Waals surface area contributed by atoms with Gasteiger partial charge in [-0.2, -0.15) is 0 Å². The third-order valence-corrected chi connectivity index (χ3v) is 4.56. The molecule has 0 N–H and O–H groups in total. The molecule has 0 radical (unpaired) electrons. The van der Waals surface area contributed by atoms with E-state index in [1.54, 1.807) is 0 Å². The van der Waals surface area contributed by atoms with Crippen LogP contribution in [-0.2, 0) is 16.0 Å². The van der Waals surface area contributed by atoms with E-state index in [1.807, 2.05) is 79.7 Å². The van der Waals surface area contributed by atoms with Gasteiger partial charge in [-0.1, -0.05) is 72.8 Å². The number of hydrogen-bond donors (Lipinski definition) is 0. The maximum atomic E-state index is 12.3. The van der Waals surface area contributed by atoms with E-state index >= 15 is 0 Å². The molecule has 0 saturated heterocycles. The van der Waals surface area contributed by atoms with Crippen molar-refractivity contribution in [2.45, 2.75) is 19.4 Å². The lowest BCUT2D eigenvalue weighted by Gasteiger charge is -2.11. The van der Waals surface area contributed by atoms with Gasteiger partial charge in [-0.05, 0) is 35.7 Å².